The van der Waals surface area contributed by atoms with Crippen molar-refractivity contribution in [1.82, 2.24) is 0 Å². The van der Waals surface area contributed by atoms with Crippen LogP contribution in [-0.4, -0.2) is 25.2 Å². The van der Waals surface area contributed by atoms with Gasteiger partial charge in [-0.05, 0) is 32.1 Å². The smallest absolute Gasteiger partial charge is 0.333 e. The SMILES string of the molecule is C=C(C)C(=O)OCC(CC)CC(CC)COC(=O)C(=C)C. The fourth-order valence-corrected chi connectivity index (χ4v) is 1.81. The van der Waals surface area contributed by atoms with E-state index in [2.05, 4.69) is 27.0 Å². The lowest BCUT2D eigenvalue weighted by Gasteiger charge is -2.21. The Bertz CT molecular complexity index is 348. The van der Waals surface area contributed by atoms with E-state index in [4.69, 9.17) is 9.47 Å². The molecule has 21 heavy (non-hydrogen) atoms. The topological polar surface area (TPSA) is 52.6 Å². The molecule has 0 spiro atoms. The summed E-state index contributed by atoms with van der Waals surface area (Å²) in [5.41, 5.74) is 0.819. The molecule has 2 atom stereocenters. The second kappa shape index (κ2) is 10.2. The second-order valence-electron chi connectivity index (χ2n) is 5.54. The van der Waals surface area contributed by atoms with Crippen LogP contribution < -0.4 is 0 Å². The first kappa shape index (κ1) is 19.4. The van der Waals surface area contributed by atoms with E-state index in [0.717, 1.165) is 19.3 Å². The Labute approximate surface area is 128 Å². The standard InChI is InChI=1S/C17H28O4/c1-7-14(10-20-16(18)12(3)4)9-15(8-2)11-21-17(19)13(5)6/h14-15H,3,5,7-11H2,1-2,4,6H3. The van der Waals surface area contributed by atoms with Crippen LogP contribution in [0.1, 0.15) is 47.0 Å². The molecule has 0 aliphatic heterocycles. The molecule has 0 saturated carbocycles. The molecule has 0 aliphatic carbocycles. The van der Waals surface area contributed by atoms with Crippen molar-refractivity contribution in [2.24, 2.45) is 11.8 Å². The molecule has 0 heterocycles. The van der Waals surface area contributed by atoms with Gasteiger partial charge in [0.05, 0.1) is 13.2 Å². The zero-order valence-electron chi connectivity index (χ0n) is 13.7. The summed E-state index contributed by atoms with van der Waals surface area (Å²) in [6, 6.07) is 0. The van der Waals surface area contributed by atoms with Crippen molar-refractivity contribution in [2.45, 2.75) is 47.0 Å². The van der Waals surface area contributed by atoms with E-state index in [1.165, 1.54) is 0 Å². The molecule has 0 radical (unpaired) electrons. The molecule has 0 aromatic rings. The van der Waals surface area contributed by atoms with Crippen LogP contribution in [0.2, 0.25) is 0 Å². The molecule has 0 aromatic carbocycles. The summed E-state index contributed by atoms with van der Waals surface area (Å²) in [5, 5.41) is 0. The van der Waals surface area contributed by atoms with Gasteiger partial charge in [0.1, 0.15) is 0 Å². The van der Waals surface area contributed by atoms with Crippen LogP contribution in [0, 0.1) is 11.8 Å². The van der Waals surface area contributed by atoms with Gasteiger partial charge in [-0.15, -0.1) is 0 Å². The number of carbonyl (C=O) groups is 2. The maximum absolute atomic E-state index is 11.4. The molecule has 0 bridgehead atoms. The normalized spacial score (nSPS) is 13.1. The van der Waals surface area contributed by atoms with Gasteiger partial charge < -0.3 is 9.47 Å². The van der Waals surface area contributed by atoms with Crippen LogP contribution in [-0.2, 0) is 19.1 Å². The monoisotopic (exact) mass is 296 g/mol. The number of rotatable bonds is 10. The van der Waals surface area contributed by atoms with Crippen molar-refractivity contribution in [3.05, 3.63) is 24.3 Å². The van der Waals surface area contributed by atoms with Gasteiger partial charge in [-0.1, -0.05) is 39.8 Å². The summed E-state index contributed by atoms with van der Waals surface area (Å²) < 4.78 is 10.4. The molecule has 0 amide bonds. The van der Waals surface area contributed by atoms with Crippen molar-refractivity contribution in [3.63, 3.8) is 0 Å². The average molecular weight is 296 g/mol. The maximum atomic E-state index is 11.4. The van der Waals surface area contributed by atoms with Crippen LogP contribution in [0.15, 0.2) is 24.3 Å². The number of ether oxygens (including phenoxy) is 2. The van der Waals surface area contributed by atoms with Gasteiger partial charge >= 0.3 is 11.9 Å². The maximum Gasteiger partial charge on any atom is 0.333 e. The Kier molecular flexibility index (Phi) is 9.42. The molecule has 0 fully saturated rings. The van der Waals surface area contributed by atoms with E-state index >= 15 is 0 Å². The Morgan fingerprint density at radius 3 is 1.43 bits per heavy atom. The van der Waals surface area contributed by atoms with Gasteiger partial charge in [-0.3, -0.25) is 0 Å². The van der Waals surface area contributed by atoms with Crippen molar-refractivity contribution >= 4 is 11.9 Å². The predicted octanol–water partition coefficient (Wildman–Crippen LogP) is 3.67. The summed E-state index contributed by atoms with van der Waals surface area (Å²) in [7, 11) is 0. The van der Waals surface area contributed by atoms with Gasteiger partial charge in [0, 0.05) is 11.1 Å². The fraction of sp³-hybridized carbons (Fsp3) is 0.647. The predicted molar refractivity (Wildman–Crippen MR) is 83.7 cm³/mol. The largest absolute Gasteiger partial charge is 0.462 e. The van der Waals surface area contributed by atoms with Crippen LogP contribution in [0.3, 0.4) is 0 Å². The van der Waals surface area contributed by atoms with E-state index in [1.807, 2.05) is 0 Å². The lowest BCUT2D eigenvalue weighted by Crippen LogP contribution is -2.21. The number of carbonyl (C=O) groups excluding carboxylic acids is 2. The Hall–Kier alpha value is -1.58. The molecule has 0 aliphatic rings. The molecular weight excluding hydrogens is 268 g/mol. The lowest BCUT2D eigenvalue weighted by molar-refractivity contribution is -0.141. The van der Waals surface area contributed by atoms with Gasteiger partial charge in [-0.25, -0.2) is 9.59 Å². The minimum atomic E-state index is -0.352. The third-order valence-electron chi connectivity index (χ3n) is 3.42. The van der Waals surface area contributed by atoms with Crippen molar-refractivity contribution in [3.8, 4) is 0 Å². The number of esters is 2. The van der Waals surface area contributed by atoms with E-state index in [9.17, 15) is 9.59 Å². The Morgan fingerprint density at radius 1 is 0.857 bits per heavy atom. The van der Waals surface area contributed by atoms with Crippen LogP contribution in [0.25, 0.3) is 0 Å². The molecule has 120 valence electrons. The number of hydrogen-bond donors (Lipinski definition) is 0. The van der Waals surface area contributed by atoms with Gasteiger partial charge in [0.25, 0.3) is 0 Å². The van der Waals surface area contributed by atoms with E-state index < -0.39 is 0 Å². The summed E-state index contributed by atoms with van der Waals surface area (Å²) in [5.74, 6) is -0.172. The van der Waals surface area contributed by atoms with Crippen LogP contribution >= 0.6 is 0 Å². The zero-order chi connectivity index (χ0) is 16.4. The molecule has 0 rings (SSSR count). The molecule has 0 N–H and O–H groups in total. The summed E-state index contributed by atoms with van der Waals surface area (Å²) in [6.45, 7) is 15.3. The fourth-order valence-electron chi connectivity index (χ4n) is 1.81. The number of hydrogen-bond acceptors (Lipinski definition) is 4. The van der Waals surface area contributed by atoms with Gasteiger partial charge in [-0.2, -0.15) is 0 Å². The quantitative estimate of drug-likeness (QED) is 0.456. The minimum Gasteiger partial charge on any atom is -0.462 e. The van der Waals surface area contributed by atoms with Gasteiger partial charge in [0.15, 0.2) is 0 Å². The van der Waals surface area contributed by atoms with E-state index in [0.29, 0.717) is 24.4 Å². The third-order valence-corrected chi connectivity index (χ3v) is 3.42. The first-order valence-corrected chi connectivity index (χ1v) is 7.46. The molecule has 0 aromatic heterocycles. The highest BCUT2D eigenvalue weighted by molar-refractivity contribution is 5.87. The molecule has 0 saturated heterocycles. The lowest BCUT2D eigenvalue weighted by atomic mass is 9.92. The summed E-state index contributed by atoms with van der Waals surface area (Å²) >= 11 is 0. The molecule has 4 heteroatoms. The molecule has 2 unspecified atom stereocenters. The Balaban J connectivity index is 4.28. The minimum absolute atomic E-state index is 0.266. The third kappa shape index (κ3) is 8.33. The molecule has 4 nitrogen and oxygen atoms in total. The average Bonchev–Trinajstić information content (AvgIpc) is 2.45. The zero-order valence-corrected chi connectivity index (χ0v) is 13.7. The van der Waals surface area contributed by atoms with Crippen LogP contribution in [0.5, 0.6) is 0 Å². The highest BCUT2D eigenvalue weighted by Gasteiger charge is 2.18. The van der Waals surface area contributed by atoms with Crippen molar-refractivity contribution in [1.29, 1.82) is 0 Å². The van der Waals surface area contributed by atoms with E-state index in [-0.39, 0.29) is 23.8 Å². The molecular formula is C17H28O4. The van der Waals surface area contributed by atoms with Gasteiger partial charge in [0.2, 0.25) is 0 Å². The first-order chi connectivity index (χ1) is 9.81. The van der Waals surface area contributed by atoms with E-state index in [1.54, 1.807) is 13.8 Å². The Morgan fingerprint density at radius 2 is 1.19 bits per heavy atom. The highest BCUT2D eigenvalue weighted by atomic mass is 16.5. The van der Waals surface area contributed by atoms with Crippen LogP contribution in [0.4, 0.5) is 0 Å². The van der Waals surface area contributed by atoms with Crippen molar-refractivity contribution < 1.29 is 19.1 Å². The second-order valence-corrected chi connectivity index (χ2v) is 5.54. The first-order valence-electron chi connectivity index (χ1n) is 7.46. The van der Waals surface area contributed by atoms with Crippen molar-refractivity contribution in [2.75, 3.05) is 13.2 Å². The summed E-state index contributed by atoms with van der Waals surface area (Å²) in [4.78, 5) is 22.8. The highest BCUT2D eigenvalue weighted by Crippen LogP contribution is 2.20. The summed E-state index contributed by atoms with van der Waals surface area (Å²) in [6.07, 6.45) is 2.68.